The Labute approximate surface area is 57.2 Å². The van der Waals surface area contributed by atoms with Crippen molar-refractivity contribution in [2.75, 3.05) is 6.54 Å². The molecule has 0 aliphatic rings. The van der Waals surface area contributed by atoms with E-state index in [-0.39, 0.29) is 13.0 Å². The molecule has 0 bridgehead atoms. The minimum atomic E-state index is -0.566. The van der Waals surface area contributed by atoms with Gasteiger partial charge in [0.05, 0.1) is 11.8 Å². The fourth-order valence-corrected chi connectivity index (χ4v) is 0.325. The molecule has 0 saturated heterocycles. The standard InChI is InChI=1S/C4H6N4O2/c5-3-8(7-10)2-1-4(6)9/h1-2H2,(H2,6,9). The number of nitrogens with two attached hydrogens (primary N) is 1. The number of rotatable bonds is 4. The van der Waals surface area contributed by atoms with Crippen molar-refractivity contribution >= 4 is 5.91 Å². The van der Waals surface area contributed by atoms with Crippen LogP contribution in [0.1, 0.15) is 6.42 Å². The average Bonchev–Trinajstić information content (AvgIpc) is 1.90. The number of carbonyl (C=O) groups is 1. The van der Waals surface area contributed by atoms with Crippen molar-refractivity contribution in [1.82, 2.24) is 5.01 Å². The molecule has 0 unspecified atom stereocenters. The zero-order valence-electron chi connectivity index (χ0n) is 5.15. The van der Waals surface area contributed by atoms with Crippen LogP contribution in [0.4, 0.5) is 0 Å². The van der Waals surface area contributed by atoms with E-state index in [9.17, 15) is 9.70 Å². The van der Waals surface area contributed by atoms with Gasteiger partial charge in [0.15, 0.2) is 0 Å². The molecule has 0 spiro atoms. The minimum Gasteiger partial charge on any atom is -0.370 e. The van der Waals surface area contributed by atoms with Crippen molar-refractivity contribution in [2.45, 2.75) is 6.42 Å². The number of nitriles is 1. The molecule has 0 radical (unpaired) electrons. The molecule has 10 heavy (non-hydrogen) atoms. The smallest absolute Gasteiger partial charge is 0.219 e. The Bertz CT molecular complexity index is 173. The average molecular weight is 142 g/mol. The highest BCUT2D eigenvalue weighted by Crippen LogP contribution is 1.87. The Hall–Kier alpha value is -1.64. The van der Waals surface area contributed by atoms with Crippen LogP contribution in [0.3, 0.4) is 0 Å². The number of hydrogen-bond donors (Lipinski definition) is 1. The van der Waals surface area contributed by atoms with E-state index < -0.39 is 5.91 Å². The van der Waals surface area contributed by atoms with E-state index in [4.69, 9.17) is 11.0 Å². The van der Waals surface area contributed by atoms with Gasteiger partial charge in [-0.25, -0.2) is 0 Å². The third kappa shape index (κ3) is 3.37. The first kappa shape index (κ1) is 8.36. The second-order valence-electron chi connectivity index (χ2n) is 1.52. The van der Waals surface area contributed by atoms with Gasteiger partial charge in [-0.1, -0.05) is 0 Å². The zero-order chi connectivity index (χ0) is 7.98. The van der Waals surface area contributed by atoms with Crippen LogP contribution in [-0.4, -0.2) is 17.5 Å². The topological polar surface area (TPSA) is 99.6 Å². The summed E-state index contributed by atoms with van der Waals surface area (Å²) in [5, 5.41) is 10.9. The summed E-state index contributed by atoms with van der Waals surface area (Å²) in [6, 6.07) is 0. The highest BCUT2D eigenvalue weighted by molar-refractivity contribution is 5.73. The van der Waals surface area contributed by atoms with Crippen LogP contribution in [0.15, 0.2) is 5.29 Å². The van der Waals surface area contributed by atoms with Crippen molar-refractivity contribution in [3.8, 4) is 6.19 Å². The molecule has 0 aliphatic carbocycles. The first-order valence-electron chi connectivity index (χ1n) is 2.49. The monoisotopic (exact) mass is 142 g/mol. The fourth-order valence-electron chi connectivity index (χ4n) is 0.325. The molecule has 0 fully saturated rings. The van der Waals surface area contributed by atoms with Crippen LogP contribution in [0.25, 0.3) is 0 Å². The predicted octanol–water partition coefficient (Wildman–Crippen LogP) is -0.674. The Morgan fingerprint density at radius 3 is 2.70 bits per heavy atom. The van der Waals surface area contributed by atoms with E-state index >= 15 is 0 Å². The summed E-state index contributed by atoms with van der Waals surface area (Å²) in [6.07, 6.45) is 1.41. The Morgan fingerprint density at radius 1 is 1.80 bits per heavy atom. The van der Waals surface area contributed by atoms with Gasteiger partial charge in [0.25, 0.3) is 0 Å². The third-order valence-corrected chi connectivity index (χ3v) is 0.784. The van der Waals surface area contributed by atoms with Gasteiger partial charge < -0.3 is 5.73 Å². The number of nitroso groups, excluding NO2 is 1. The van der Waals surface area contributed by atoms with Gasteiger partial charge in [0.1, 0.15) is 0 Å². The van der Waals surface area contributed by atoms with Crippen LogP contribution < -0.4 is 5.73 Å². The third-order valence-electron chi connectivity index (χ3n) is 0.784. The molecular formula is C4H6N4O2. The molecule has 54 valence electrons. The van der Waals surface area contributed by atoms with Crippen molar-refractivity contribution in [1.29, 1.82) is 5.26 Å². The zero-order valence-corrected chi connectivity index (χ0v) is 5.15. The number of primary amides is 1. The predicted molar refractivity (Wildman–Crippen MR) is 31.9 cm³/mol. The fraction of sp³-hybridized carbons (Fsp3) is 0.500. The Kier molecular flexibility index (Phi) is 3.56. The van der Waals surface area contributed by atoms with Gasteiger partial charge in [-0.05, 0) is 0 Å². The molecule has 2 N–H and O–H groups in total. The molecule has 0 atom stereocenters. The summed E-state index contributed by atoms with van der Waals surface area (Å²) in [4.78, 5) is 19.7. The summed E-state index contributed by atoms with van der Waals surface area (Å²) in [7, 11) is 0. The van der Waals surface area contributed by atoms with Crippen molar-refractivity contribution in [3.63, 3.8) is 0 Å². The first-order chi connectivity index (χ1) is 4.70. The minimum absolute atomic E-state index is 0.0424. The van der Waals surface area contributed by atoms with Crippen LogP contribution in [0.2, 0.25) is 0 Å². The number of carbonyl (C=O) groups excluding carboxylic acids is 1. The molecule has 0 heterocycles. The summed E-state index contributed by atoms with van der Waals surface area (Å²) in [6.45, 7) is -0.0463. The summed E-state index contributed by atoms with van der Waals surface area (Å²) < 4.78 is 0. The SMILES string of the molecule is N#CN(CCC(N)=O)N=O. The summed E-state index contributed by atoms with van der Waals surface area (Å²) in [5.74, 6) is -0.566. The van der Waals surface area contributed by atoms with Crippen LogP contribution in [0, 0.1) is 16.4 Å². The van der Waals surface area contributed by atoms with Crippen LogP contribution >= 0.6 is 0 Å². The van der Waals surface area contributed by atoms with Crippen LogP contribution in [-0.2, 0) is 4.79 Å². The van der Waals surface area contributed by atoms with Crippen molar-refractivity contribution < 1.29 is 4.79 Å². The second kappa shape index (κ2) is 4.26. The van der Waals surface area contributed by atoms with Crippen LogP contribution in [0.5, 0.6) is 0 Å². The van der Waals surface area contributed by atoms with Crippen molar-refractivity contribution in [3.05, 3.63) is 4.91 Å². The largest absolute Gasteiger partial charge is 0.370 e. The molecule has 6 heteroatoms. The lowest BCUT2D eigenvalue weighted by Gasteiger charge is -2.00. The quantitative estimate of drug-likeness (QED) is 0.243. The summed E-state index contributed by atoms with van der Waals surface area (Å²) >= 11 is 0. The van der Waals surface area contributed by atoms with Gasteiger partial charge in [0.2, 0.25) is 12.1 Å². The number of hydrogen-bond acceptors (Lipinski definition) is 4. The van der Waals surface area contributed by atoms with E-state index in [0.29, 0.717) is 5.01 Å². The Morgan fingerprint density at radius 2 is 2.40 bits per heavy atom. The summed E-state index contributed by atoms with van der Waals surface area (Å²) in [5.41, 5.74) is 4.73. The lowest BCUT2D eigenvalue weighted by atomic mass is 10.4. The Balaban J connectivity index is 3.57. The molecule has 0 aromatic rings. The van der Waals surface area contributed by atoms with Gasteiger partial charge in [0, 0.05) is 6.42 Å². The van der Waals surface area contributed by atoms with Gasteiger partial charge in [-0.2, -0.15) is 10.3 Å². The van der Waals surface area contributed by atoms with E-state index in [0.717, 1.165) is 0 Å². The molecule has 0 aliphatic heterocycles. The van der Waals surface area contributed by atoms with E-state index in [1.165, 1.54) is 6.19 Å². The molecule has 0 aromatic carbocycles. The van der Waals surface area contributed by atoms with E-state index in [1.807, 2.05) is 0 Å². The normalized spacial score (nSPS) is 7.90. The second-order valence-corrected chi connectivity index (χ2v) is 1.52. The number of amides is 1. The van der Waals surface area contributed by atoms with Gasteiger partial charge in [-0.15, -0.1) is 4.91 Å². The highest BCUT2D eigenvalue weighted by Gasteiger charge is 2.01. The maximum atomic E-state index is 10.1. The molecule has 0 aromatic heterocycles. The van der Waals surface area contributed by atoms with E-state index in [1.54, 1.807) is 0 Å². The molecule has 1 amide bonds. The molecule has 6 nitrogen and oxygen atoms in total. The highest BCUT2D eigenvalue weighted by atomic mass is 16.3. The maximum absolute atomic E-state index is 10.1. The van der Waals surface area contributed by atoms with Gasteiger partial charge >= 0.3 is 0 Å². The van der Waals surface area contributed by atoms with E-state index in [2.05, 4.69) is 5.29 Å². The first-order valence-corrected chi connectivity index (χ1v) is 2.49. The lowest BCUT2D eigenvalue weighted by Crippen LogP contribution is -2.19. The number of nitrogens with zero attached hydrogens (tertiary/aromatic N) is 3. The lowest BCUT2D eigenvalue weighted by molar-refractivity contribution is -0.118. The maximum Gasteiger partial charge on any atom is 0.219 e. The molecule has 0 rings (SSSR count). The molecular weight excluding hydrogens is 136 g/mol. The molecule has 0 saturated carbocycles. The van der Waals surface area contributed by atoms with Gasteiger partial charge in [-0.3, -0.25) is 4.79 Å². The van der Waals surface area contributed by atoms with Crippen molar-refractivity contribution in [2.24, 2.45) is 11.0 Å².